The quantitative estimate of drug-likeness (QED) is 0.487. The van der Waals surface area contributed by atoms with Gasteiger partial charge in [-0.3, -0.25) is 15.5 Å². The maximum absolute atomic E-state index is 10.9. The van der Waals surface area contributed by atoms with E-state index in [9.17, 15) is 10.1 Å². The van der Waals surface area contributed by atoms with Crippen LogP contribution in [0.4, 0.5) is 23.0 Å². The van der Waals surface area contributed by atoms with Gasteiger partial charge in [-0.2, -0.15) is 5.10 Å². The molecule has 0 saturated carbocycles. The minimum Gasteiger partial charge on any atom is -0.378 e. The largest absolute Gasteiger partial charge is 0.378 e. The van der Waals surface area contributed by atoms with Crippen LogP contribution in [0.5, 0.6) is 0 Å². The molecular formula is C13H15N7O2. The lowest BCUT2D eigenvalue weighted by molar-refractivity contribution is -0.383. The third kappa shape index (κ3) is 3.45. The van der Waals surface area contributed by atoms with Crippen LogP contribution in [0.25, 0.3) is 0 Å². The van der Waals surface area contributed by atoms with E-state index in [4.69, 9.17) is 5.73 Å². The number of nitrogen functional groups attached to an aromatic ring is 1. The lowest BCUT2D eigenvalue weighted by Gasteiger charge is -2.11. The SMILES string of the molecule is CN(C)c1ccc(C=NNc2ncnc(N)c2[N+](=O)[O-])cc1. The zero-order valence-corrected chi connectivity index (χ0v) is 12.1. The number of hydrogen-bond donors (Lipinski definition) is 2. The van der Waals surface area contributed by atoms with Gasteiger partial charge in [0.25, 0.3) is 0 Å². The minimum absolute atomic E-state index is 0.0568. The number of nitrogens with zero attached hydrogens (tertiary/aromatic N) is 5. The summed E-state index contributed by atoms with van der Waals surface area (Å²) in [6.45, 7) is 0. The highest BCUT2D eigenvalue weighted by atomic mass is 16.6. The standard InChI is InChI=1S/C13H15N7O2/c1-19(2)10-5-3-9(4-6-10)7-17-18-13-11(20(21)22)12(14)15-8-16-13/h3-8H,1-2H3,(H3,14,15,16,18). The van der Waals surface area contributed by atoms with Crippen LogP contribution in [0.15, 0.2) is 35.7 Å². The molecule has 0 fully saturated rings. The maximum Gasteiger partial charge on any atom is 0.354 e. The Morgan fingerprint density at radius 3 is 2.59 bits per heavy atom. The van der Waals surface area contributed by atoms with Crippen molar-refractivity contribution < 1.29 is 4.92 Å². The van der Waals surface area contributed by atoms with Crippen molar-refractivity contribution in [1.29, 1.82) is 0 Å². The molecule has 22 heavy (non-hydrogen) atoms. The summed E-state index contributed by atoms with van der Waals surface area (Å²) >= 11 is 0. The molecule has 0 spiro atoms. The number of nitro groups is 1. The summed E-state index contributed by atoms with van der Waals surface area (Å²) in [7, 11) is 3.90. The van der Waals surface area contributed by atoms with Gasteiger partial charge in [0.15, 0.2) is 0 Å². The van der Waals surface area contributed by atoms with Crippen LogP contribution < -0.4 is 16.1 Å². The van der Waals surface area contributed by atoms with E-state index < -0.39 is 10.6 Å². The van der Waals surface area contributed by atoms with E-state index in [-0.39, 0.29) is 11.6 Å². The van der Waals surface area contributed by atoms with Gasteiger partial charge in [0, 0.05) is 19.8 Å². The second-order valence-corrected chi connectivity index (χ2v) is 4.57. The molecule has 0 saturated heterocycles. The predicted molar refractivity (Wildman–Crippen MR) is 85.1 cm³/mol. The average molecular weight is 301 g/mol. The van der Waals surface area contributed by atoms with E-state index in [1.54, 1.807) is 0 Å². The first kappa shape index (κ1) is 15.2. The van der Waals surface area contributed by atoms with Crippen LogP contribution in [0.1, 0.15) is 5.56 Å². The fraction of sp³-hybridized carbons (Fsp3) is 0.154. The molecule has 9 nitrogen and oxygen atoms in total. The Labute approximate surface area is 126 Å². The van der Waals surface area contributed by atoms with Gasteiger partial charge >= 0.3 is 5.69 Å². The molecule has 0 aliphatic rings. The number of hydrazone groups is 1. The summed E-state index contributed by atoms with van der Waals surface area (Å²) in [6.07, 6.45) is 2.66. The molecule has 114 valence electrons. The number of hydrogen-bond acceptors (Lipinski definition) is 8. The number of anilines is 3. The Morgan fingerprint density at radius 2 is 2.00 bits per heavy atom. The molecule has 9 heteroatoms. The Balaban J connectivity index is 2.13. The maximum atomic E-state index is 10.9. The first-order valence-corrected chi connectivity index (χ1v) is 6.30. The van der Waals surface area contributed by atoms with Gasteiger partial charge in [0.1, 0.15) is 6.33 Å². The second-order valence-electron chi connectivity index (χ2n) is 4.57. The summed E-state index contributed by atoms with van der Waals surface area (Å²) in [6, 6.07) is 7.63. The van der Waals surface area contributed by atoms with Crippen molar-refractivity contribution in [2.45, 2.75) is 0 Å². The molecule has 2 rings (SSSR count). The number of rotatable bonds is 5. The minimum atomic E-state index is -0.654. The molecule has 0 bridgehead atoms. The van der Waals surface area contributed by atoms with Crippen LogP contribution in [0.3, 0.4) is 0 Å². The van der Waals surface area contributed by atoms with Gasteiger partial charge in [-0.25, -0.2) is 9.97 Å². The fourth-order valence-corrected chi connectivity index (χ4v) is 1.68. The molecule has 1 heterocycles. The third-order valence-electron chi connectivity index (χ3n) is 2.83. The van der Waals surface area contributed by atoms with Gasteiger partial charge in [0.2, 0.25) is 11.6 Å². The third-order valence-corrected chi connectivity index (χ3v) is 2.83. The molecule has 0 amide bonds. The average Bonchev–Trinajstić information content (AvgIpc) is 2.47. The predicted octanol–water partition coefficient (Wildman–Crippen LogP) is 1.48. The Hall–Kier alpha value is -3.23. The Bertz CT molecular complexity index is 698. The van der Waals surface area contributed by atoms with E-state index in [1.165, 1.54) is 6.21 Å². The summed E-state index contributed by atoms with van der Waals surface area (Å²) in [5.41, 5.74) is 9.46. The first-order chi connectivity index (χ1) is 10.5. The highest BCUT2D eigenvalue weighted by Crippen LogP contribution is 2.26. The highest BCUT2D eigenvalue weighted by Gasteiger charge is 2.20. The number of aromatic nitrogens is 2. The van der Waals surface area contributed by atoms with Gasteiger partial charge < -0.3 is 10.6 Å². The zero-order chi connectivity index (χ0) is 16.1. The summed E-state index contributed by atoms with van der Waals surface area (Å²) in [5.74, 6) is -0.272. The molecule has 0 atom stereocenters. The summed E-state index contributed by atoms with van der Waals surface area (Å²) in [4.78, 5) is 19.6. The summed E-state index contributed by atoms with van der Waals surface area (Å²) in [5, 5.41) is 14.9. The van der Waals surface area contributed by atoms with Crippen LogP contribution in [0, 0.1) is 10.1 Å². The lowest BCUT2D eigenvalue weighted by atomic mass is 10.2. The van der Waals surface area contributed by atoms with Crippen LogP contribution in [-0.2, 0) is 0 Å². The van der Waals surface area contributed by atoms with Crippen molar-refractivity contribution in [3.8, 4) is 0 Å². The lowest BCUT2D eigenvalue weighted by Crippen LogP contribution is -2.08. The molecule has 1 aromatic carbocycles. The van der Waals surface area contributed by atoms with Gasteiger partial charge in [-0.15, -0.1) is 0 Å². The van der Waals surface area contributed by atoms with E-state index in [0.717, 1.165) is 17.6 Å². The molecule has 1 aromatic heterocycles. The van der Waals surface area contributed by atoms with Crippen molar-refractivity contribution >= 4 is 29.2 Å². The first-order valence-electron chi connectivity index (χ1n) is 6.30. The van der Waals surface area contributed by atoms with Gasteiger partial charge in [0.05, 0.1) is 11.1 Å². The van der Waals surface area contributed by atoms with E-state index in [0.29, 0.717) is 0 Å². The Kier molecular flexibility index (Phi) is 4.47. The van der Waals surface area contributed by atoms with Crippen molar-refractivity contribution in [3.05, 3.63) is 46.3 Å². The molecule has 2 aromatic rings. The number of nitrogens with two attached hydrogens (primary N) is 1. The van der Waals surface area contributed by atoms with E-state index in [2.05, 4.69) is 20.5 Å². The van der Waals surface area contributed by atoms with Crippen molar-refractivity contribution in [2.24, 2.45) is 5.10 Å². The molecule has 0 aliphatic carbocycles. The van der Waals surface area contributed by atoms with Crippen LogP contribution in [-0.4, -0.2) is 35.2 Å². The smallest absolute Gasteiger partial charge is 0.354 e. The van der Waals surface area contributed by atoms with E-state index >= 15 is 0 Å². The van der Waals surface area contributed by atoms with Crippen molar-refractivity contribution in [3.63, 3.8) is 0 Å². The Morgan fingerprint density at radius 1 is 1.32 bits per heavy atom. The van der Waals surface area contributed by atoms with Crippen molar-refractivity contribution in [2.75, 3.05) is 30.2 Å². The van der Waals surface area contributed by atoms with Crippen LogP contribution in [0.2, 0.25) is 0 Å². The molecule has 3 N–H and O–H groups in total. The molecule has 0 unspecified atom stereocenters. The van der Waals surface area contributed by atoms with Gasteiger partial charge in [-0.05, 0) is 17.7 Å². The van der Waals surface area contributed by atoms with Gasteiger partial charge in [-0.1, -0.05) is 12.1 Å². The number of benzene rings is 1. The highest BCUT2D eigenvalue weighted by molar-refractivity contribution is 5.81. The summed E-state index contributed by atoms with van der Waals surface area (Å²) < 4.78 is 0. The fourth-order valence-electron chi connectivity index (χ4n) is 1.68. The number of nitrogens with one attached hydrogen (secondary N) is 1. The van der Waals surface area contributed by atoms with Crippen molar-refractivity contribution in [1.82, 2.24) is 9.97 Å². The zero-order valence-electron chi connectivity index (χ0n) is 12.1. The van der Waals surface area contributed by atoms with E-state index in [1.807, 2.05) is 43.3 Å². The molecular weight excluding hydrogens is 286 g/mol. The topological polar surface area (TPSA) is 123 Å². The van der Waals surface area contributed by atoms with Crippen LogP contribution >= 0.6 is 0 Å². The normalized spacial score (nSPS) is 10.6. The molecule has 0 aliphatic heterocycles. The monoisotopic (exact) mass is 301 g/mol. The second kappa shape index (κ2) is 6.48. The molecule has 0 radical (unpaired) electrons.